The number of hydrogen-bond donors (Lipinski definition) is 0. The van der Waals surface area contributed by atoms with Crippen LogP contribution in [-0.4, -0.2) is 12.1 Å². The van der Waals surface area contributed by atoms with Crippen molar-refractivity contribution in [3.8, 4) is 0 Å². The molecule has 0 aliphatic heterocycles. The van der Waals surface area contributed by atoms with Gasteiger partial charge in [-0.3, -0.25) is 4.79 Å². The van der Waals surface area contributed by atoms with Crippen LogP contribution >= 0.6 is 11.6 Å². The number of aryl methyl sites for hydroxylation is 1. The first-order valence-electron chi connectivity index (χ1n) is 6.48. The van der Waals surface area contributed by atoms with Gasteiger partial charge >= 0.3 is 5.97 Å². The van der Waals surface area contributed by atoms with Gasteiger partial charge in [-0.05, 0) is 34.7 Å². The number of benzene rings is 2. The summed E-state index contributed by atoms with van der Waals surface area (Å²) >= 11 is 6.56. The molecule has 0 spiro atoms. The van der Waals surface area contributed by atoms with E-state index in [-0.39, 0.29) is 17.5 Å². The Bertz CT molecular complexity index is 636. The average Bonchev–Trinajstić information content (AvgIpc) is 2.41. The quantitative estimate of drug-likeness (QED) is 0.580. The second-order valence-corrected chi connectivity index (χ2v) is 5.42. The van der Waals surface area contributed by atoms with Gasteiger partial charge in [0.05, 0.1) is 5.38 Å². The lowest BCUT2D eigenvalue weighted by atomic mass is 9.86. The molecule has 0 N–H and O–H groups in total. The van der Waals surface area contributed by atoms with Gasteiger partial charge in [-0.2, -0.15) is 0 Å². The van der Waals surface area contributed by atoms with E-state index in [1.165, 1.54) is 17.9 Å². The molecule has 0 saturated carbocycles. The summed E-state index contributed by atoms with van der Waals surface area (Å²) in [5, 5.41) is 2.07. The molecule has 0 bridgehead atoms. The lowest BCUT2D eigenvalue weighted by molar-refractivity contribution is -0.147. The minimum absolute atomic E-state index is 0.225. The Balaban J connectivity index is 2.10. The molecule has 1 aliphatic rings. The van der Waals surface area contributed by atoms with E-state index in [2.05, 4.69) is 24.3 Å². The Kier molecular flexibility index (Phi) is 3.19. The molecule has 0 heterocycles. The van der Waals surface area contributed by atoms with Crippen LogP contribution < -0.4 is 0 Å². The predicted octanol–water partition coefficient (Wildman–Crippen LogP) is 4.00. The highest BCUT2D eigenvalue weighted by Gasteiger charge is 2.31. The van der Waals surface area contributed by atoms with Crippen LogP contribution in [0.5, 0.6) is 0 Å². The van der Waals surface area contributed by atoms with E-state index < -0.39 is 0 Å². The molecule has 0 amide bonds. The van der Waals surface area contributed by atoms with E-state index in [0.29, 0.717) is 0 Å². The number of ether oxygens (including phenoxy) is 1. The molecule has 19 heavy (non-hydrogen) atoms. The van der Waals surface area contributed by atoms with Crippen molar-refractivity contribution in [1.29, 1.82) is 0 Å². The van der Waals surface area contributed by atoms with Gasteiger partial charge in [-0.15, -0.1) is 11.6 Å². The normalized spacial score (nSPS) is 22.0. The summed E-state index contributed by atoms with van der Waals surface area (Å²) in [4.78, 5) is 11.2. The van der Waals surface area contributed by atoms with Crippen molar-refractivity contribution in [2.24, 2.45) is 0 Å². The van der Waals surface area contributed by atoms with Gasteiger partial charge in [-0.1, -0.05) is 36.4 Å². The molecule has 0 aromatic heterocycles. The monoisotopic (exact) mass is 274 g/mol. The summed E-state index contributed by atoms with van der Waals surface area (Å²) in [6.07, 6.45) is 1.47. The van der Waals surface area contributed by atoms with E-state index >= 15 is 0 Å². The summed E-state index contributed by atoms with van der Waals surface area (Å²) in [6, 6.07) is 12.5. The zero-order valence-electron chi connectivity index (χ0n) is 10.7. The number of halogens is 1. The fraction of sp³-hybridized carbons (Fsp3) is 0.312. The lowest BCUT2D eigenvalue weighted by Crippen LogP contribution is -2.27. The molecular weight excluding hydrogens is 260 g/mol. The molecule has 2 nitrogen and oxygen atoms in total. The third-order valence-corrected chi connectivity index (χ3v) is 4.18. The summed E-state index contributed by atoms with van der Waals surface area (Å²) in [6.45, 7) is 1.43. The number of fused-ring (bicyclic) bond motifs is 3. The minimum Gasteiger partial charge on any atom is -0.461 e. The maximum atomic E-state index is 11.2. The van der Waals surface area contributed by atoms with E-state index in [1.54, 1.807) is 0 Å². The Morgan fingerprint density at radius 1 is 1.26 bits per heavy atom. The van der Waals surface area contributed by atoms with Crippen LogP contribution in [0.2, 0.25) is 0 Å². The van der Waals surface area contributed by atoms with Crippen LogP contribution in [0.1, 0.15) is 29.8 Å². The number of alkyl halides is 1. The van der Waals surface area contributed by atoms with Crippen molar-refractivity contribution in [3.05, 3.63) is 47.5 Å². The maximum Gasteiger partial charge on any atom is 0.302 e. The zero-order valence-corrected chi connectivity index (χ0v) is 11.5. The van der Waals surface area contributed by atoms with Crippen molar-refractivity contribution < 1.29 is 9.53 Å². The molecule has 3 heteroatoms. The van der Waals surface area contributed by atoms with Crippen molar-refractivity contribution in [3.63, 3.8) is 0 Å². The SMILES string of the molecule is CC(=O)O[C@H]1CCc2ccc3ccccc3c2[C@@H]1Cl. The predicted molar refractivity (Wildman–Crippen MR) is 76.4 cm³/mol. The van der Waals surface area contributed by atoms with Crippen molar-refractivity contribution in [2.75, 3.05) is 0 Å². The molecule has 1 aliphatic carbocycles. The molecule has 98 valence electrons. The largest absolute Gasteiger partial charge is 0.461 e. The Hall–Kier alpha value is -1.54. The van der Waals surface area contributed by atoms with Crippen LogP contribution in [-0.2, 0) is 16.0 Å². The number of carbonyl (C=O) groups excluding carboxylic acids is 1. The average molecular weight is 275 g/mol. The molecule has 0 radical (unpaired) electrons. The standard InChI is InChI=1S/C16H15ClO2/c1-10(18)19-14-9-8-12-7-6-11-4-2-3-5-13(11)15(12)16(14)17/h2-7,14,16H,8-9H2,1H3/t14-,16+/m0/s1. The number of esters is 1. The molecule has 0 unspecified atom stereocenters. The number of hydrogen-bond acceptors (Lipinski definition) is 2. The van der Waals surface area contributed by atoms with Gasteiger partial charge in [0.15, 0.2) is 0 Å². The van der Waals surface area contributed by atoms with Crippen molar-refractivity contribution in [2.45, 2.75) is 31.2 Å². The molecular formula is C16H15ClO2. The minimum atomic E-state index is -0.265. The van der Waals surface area contributed by atoms with E-state index in [9.17, 15) is 4.79 Å². The summed E-state index contributed by atoms with van der Waals surface area (Å²) in [5.74, 6) is -0.265. The van der Waals surface area contributed by atoms with Gasteiger partial charge in [-0.25, -0.2) is 0 Å². The first-order chi connectivity index (χ1) is 9.16. The second-order valence-electron chi connectivity index (χ2n) is 4.95. The highest BCUT2D eigenvalue weighted by atomic mass is 35.5. The maximum absolute atomic E-state index is 11.2. The molecule has 2 aromatic carbocycles. The van der Waals surface area contributed by atoms with Gasteiger partial charge < -0.3 is 4.74 Å². The summed E-state index contributed by atoms with van der Waals surface area (Å²) < 4.78 is 5.34. The Morgan fingerprint density at radius 3 is 2.84 bits per heavy atom. The van der Waals surface area contributed by atoms with E-state index in [0.717, 1.165) is 23.8 Å². The first-order valence-corrected chi connectivity index (χ1v) is 6.92. The van der Waals surface area contributed by atoms with Gasteiger partial charge in [0, 0.05) is 6.92 Å². The second kappa shape index (κ2) is 4.86. The molecule has 2 aromatic rings. The molecule has 0 saturated heterocycles. The van der Waals surface area contributed by atoms with E-state index in [1.807, 2.05) is 12.1 Å². The van der Waals surface area contributed by atoms with Crippen molar-refractivity contribution in [1.82, 2.24) is 0 Å². The summed E-state index contributed by atoms with van der Waals surface area (Å²) in [7, 11) is 0. The van der Waals surface area contributed by atoms with Crippen LogP contribution in [0.25, 0.3) is 10.8 Å². The zero-order chi connectivity index (χ0) is 13.4. The molecule has 0 fully saturated rings. The highest BCUT2D eigenvalue weighted by molar-refractivity contribution is 6.22. The number of rotatable bonds is 1. The van der Waals surface area contributed by atoms with Crippen molar-refractivity contribution >= 4 is 28.3 Å². The fourth-order valence-corrected chi connectivity index (χ4v) is 3.28. The van der Waals surface area contributed by atoms with Crippen LogP contribution in [0, 0.1) is 0 Å². The third kappa shape index (κ3) is 2.21. The van der Waals surface area contributed by atoms with Crippen LogP contribution in [0.3, 0.4) is 0 Å². The number of carbonyl (C=O) groups is 1. The highest BCUT2D eigenvalue weighted by Crippen LogP contribution is 2.40. The van der Waals surface area contributed by atoms with Gasteiger partial charge in [0.1, 0.15) is 6.10 Å². The summed E-state index contributed by atoms with van der Waals surface area (Å²) in [5.41, 5.74) is 2.39. The smallest absolute Gasteiger partial charge is 0.302 e. The van der Waals surface area contributed by atoms with Gasteiger partial charge in [0.25, 0.3) is 0 Å². The first kappa shape index (κ1) is 12.5. The Morgan fingerprint density at radius 2 is 2.05 bits per heavy atom. The third-order valence-electron chi connectivity index (χ3n) is 3.68. The van der Waals surface area contributed by atoms with Crippen LogP contribution in [0.4, 0.5) is 0 Å². The topological polar surface area (TPSA) is 26.3 Å². The Labute approximate surface area is 117 Å². The lowest BCUT2D eigenvalue weighted by Gasteiger charge is -2.30. The van der Waals surface area contributed by atoms with Gasteiger partial charge in [0.2, 0.25) is 0 Å². The van der Waals surface area contributed by atoms with Crippen LogP contribution in [0.15, 0.2) is 36.4 Å². The molecule has 2 atom stereocenters. The molecule has 3 rings (SSSR count). The fourth-order valence-electron chi connectivity index (χ4n) is 2.85. The van der Waals surface area contributed by atoms with E-state index in [4.69, 9.17) is 16.3 Å².